The van der Waals surface area contributed by atoms with Gasteiger partial charge in [-0.25, -0.2) is 0 Å². The second-order valence-corrected chi connectivity index (χ2v) is 7.05. The predicted molar refractivity (Wildman–Crippen MR) is 95.1 cm³/mol. The third kappa shape index (κ3) is 4.07. The molecule has 0 aromatic carbocycles. The third-order valence-corrected chi connectivity index (χ3v) is 5.28. The fourth-order valence-electron chi connectivity index (χ4n) is 3.68. The number of carbonyl (C=O) groups excluding carboxylic acids is 2. The summed E-state index contributed by atoms with van der Waals surface area (Å²) in [6, 6.07) is 1.84. The minimum Gasteiger partial charge on any atom is -0.480 e. The molecular formula is C18H26N4O4. The largest absolute Gasteiger partial charge is 0.480 e. The van der Waals surface area contributed by atoms with Crippen LogP contribution >= 0.6 is 0 Å². The molecule has 2 amide bonds. The highest BCUT2D eigenvalue weighted by atomic mass is 16.4. The summed E-state index contributed by atoms with van der Waals surface area (Å²) in [5, 5.41) is 11.9. The van der Waals surface area contributed by atoms with Gasteiger partial charge in [0.15, 0.2) is 0 Å². The Bertz CT molecular complexity index is 674. The molecule has 0 spiro atoms. The summed E-state index contributed by atoms with van der Waals surface area (Å²) >= 11 is 0. The highest BCUT2D eigenvalue weighted by Crippen LogP contribution is 2.26. The molecular weight excluding hydrogens is 336 g/mol. The lowest BCUT2D eigenvalue weighted by atomic mass is 9.85. The normalized spacial score (nSPS) is 22.3. The van der Waals surface area contributed by atoms with Gasteiger partial charge in [0.05, 0.1) is 12.1 Å². The van der Waals surface area contributed by atoms with Crippen LogP contribution in [0.25, 0.3) is 0 Å². The first kappa shape index (κ1) is 18.4. The maximum atomic E-state index is 12.4. The van der Waals surface area contributed by atoms with E-state index in [9.17, 15) is 14.4 Å². The van der Waals surface area contributed by atoms with Crippen LogP contribution in [0.1, 0.15) is 53.5 Å². The first-order valence-corrected chi connectivity index (χ1v) is 9.22. The van der Waals surface area contributed by atoms with E-state index in [0.717, 1.165) is 38.8 Å². The molecule has 1 saturated heterocycles. The Labute approximate surface area is 152 Å². The Morgan fingerprint density at radius 1 is 1.31 bits per heavy atom. The molecule has 2 aliphatic rings. The molecule has 26 heavy (non-hydrogen) atoms. The number of carboxylic acid groups (broad SMARTS) is 1. The van der Waals surface area contributed by atoms with Crippen LogP contribution in [0.4, 0.5) is 0 Å². The molecule has 3 N–H and O–H groups in total. The van der Waals surface area contributed by atoms with Crippen molar-refractivity contribution in [3.63, 3.8) is 0 Å². The standard InChI is InChI=1S/C18H26N4O4/c1-2-21(11-16(23)24)14-8-13(9-14)20-17(25)12-7-15(19-10-12)18(26)22-5-3-4-6-22/h7,10,13-14,19H,2-6,8-9,11H2,1H3,(H,20,25)(H,23,24). The van der Waals surface area contributed by atoms with Crippen LogP contribution in [-0.2, 0) is 4.79 Å². The van der Waals surface area contributed by atoms with Crippen molar-refractivity contribution in [3.8, 4) is 0 Å². The van der Waals surface area contributed by atoms with Crippen molar-refractivity contribution >= 4 is 17.8 Å². The van der Waals surface area contributed by atoms with Crippen molar-refractivity contribution in [2.45, 2.75) is 44.7 Å². The minimum atomic E-state index is -0.832. The van der Waals surface area contributed by atoms with Gasteiger partial charge < -0.3 is 20.3 Å². The van der Waals surface area contributed by atoms with E-state index in [2.05, 4.69) is 10.3 Å². The molecule has 0 radical (unpaired) electrons. The predicted octanol–water partition coefficient (Wildman–Crippen LogP) is 0.918. The number of H-pyrrole nitrogens is 1. The molecule has 0 bridgehead atoms. The zero-order valence-electron chi connectivity index (χ0n) is 15.0. The number of amides is 2. The molecule has 3 rings (SSSR count). The number of rotatable bonds is 7. The fourth-order valence-corrected chi connectivity index (χ4v) is 3.68. The van der Waals surface area contributed by atoms with Crippen LogP contribution in [0, 0.1) is 0 Å². The molecule has 8 nitrogen and oxygen atoms in total. The van der Waals surface area contributed by atoms with E-state index in [1.165, 1.54) is 0 Å². The van der Waals surface area contributed by atoms with Gasteiger partial charge in [-0.2, -0.15) is 0 Å². The van der Waals surface area contributed by atoms with E-state index in [0.29, 0.717) is 17.8 Å². The Hall–Kier alpha value is -2.35. The monoisotopic (exact) mass is 362 g/mol. The Morgan fingerprint density at radius 3 is 2.62 bits per heavy atom. The zero-order valence-corrected chi connectivity index (χ0v) is 15.0. The number of aliphatic carboxylic acids is 1. The van der Waals surface area contributed by atoms with E-state index >= 15 is 0 Å². The van der Waals surface area contributed by atoms with Gasteiger partial charge in [-0.05, 0) is 38.3 Å². The van der Waals surface area contributed by atoms with Crippen LogP contribution in [0.15, 0.2) is 12.3 Å². The number of nitrogens with zero attached hydrogens (tertiary/aromatic N) is 2. The molecule has 1 aromatic heterocycles. The summed E-state index contributed by atoms with van der Waals surface area (Å²) in [5.41, 5.74) is 0.899. The van der Waals surface area contributed by atoms with Crippen molar-refractivity contribution in [1.82, 2.24) is 20.1 Å². The van der Waals surface area contributed by atoms with Crippen molar-refractivity contribution in [3.05, 3.63) is 23.5 Å². The smallest absolute Gasteiger partial charge is 0.317 e. The van der Waals surface area contributed by atoms with Crippen molar-refractivity contribution in [1.29, 1.82) is 0 Å². The Kier molecular flexibility index (Phi) is 5.61. The van der Waals surface area contributed by atoms with Gasteiger partial charge in [-0.15, -0.1) is 0 Å². The molecule has 2 fully saturated rings. The lowest BCUT2D eigenvalue weighted by Crippen LogP contribution is -2.54. The number of nitrogens with one attached hydrogen (secondary N) is 2. The topological polar surface area (TPSA) is 106 Å². The first-order chi connectivity index (χ1) is 12.5. The lowest BCUT2D eigenvalue weighted by molar-refractivity contribution is -0.139. The first-order valence-electron chi connectivity index (χ1n) is 9.22. The van der Waals surface area contributed by atoms with Crippen molar-refractivity contribution in [2.24, 2.45) is 0 Å². The summed E-state index contributed by atoms with van der Waals surface area (Å²) in [5.74, 6) is -1.09. The molecule has 142 valence electrons. The van der Waals surface area contributed by atoms with Crippen LogP contribution < -0.4 is 5.32 Å². The van der Waals surface area contributed by atoms with Crippen LogP contribution in [0.2, 0.25) is 0 Å². The SMILES string of the molecule is CCN(CC(=O)O)C1CC(NC(=O)c2c[nH]c(C(=O)N3CCCC3)c2)C1. The summed E-state index contributed by atoms with van der Waals surface area (Å²) in [6.45, 7) is 4.19. The van der Waals surface area contributed by atoms with Crippen LogP contribution in [-0.4, -0.2) is 75.9 Å². The number of likely N-dealkylation sites (tertiary alicyclic amines) is 1. The zero-order chi connectivity index (χ0) is 18.7. The number of aromatic amines is 1. The van der Waals surface area contributed by atoms with Crippen LogP contribution in [0.5, 0.6) is 0 Å². The molecule has 8 heteroatoms. The van der Waals surface area contributed by atoms with Crippen LogP contribution in [0.3, 0.4) is 0 Å². The van der Waals surface area contributed by atoms with E-state index in [4.69, 9.17) is 5.11 Å². The van der Waals surface area contributed by atoms with Gasteiger partial charge in [0.2, 0.25) is 0 Å². The van der Waals surface area contributed by atoms with Crippen molar-refractivity contribution in [2.75, 3.05) is 26.2 Å². The Morgan fingerprint density at radius 2 is 2.00 bits per heavy atom. The molecule has 1 aliphatic carbocycles. The second kappa shape index (κ2) is 7.90. The number of hydrogen-bond acceptors (Lipinski definition) is 4. The van der Waals surface area contributed by atoms with Gasteiger partial charge in [-0.3, -0.25) is 19.3 Å². The number of carboxylic acids is 1. The lowest BCUT2D eigenvalue weighted by Gasteiger charge is -2.42. The van der Waals surface area contributed by atoms with E-state index in [1.54, 1.807) is 17.2 Å². The fraction of sp³-hybridized carbons (Fsp3) is 0.611. The maximum absolute atomic E-state index is 12.4. The van der Waals surface area contributed by atoms with E-state index in [1.807, 2.05) is 11.8 Å². The number of carbonyl (C=O) groups is 3. The third-order valence-electron chi connectivity index (χ3n) is 5.28. The highest BCUT2D eigenvalue weighted by molar-refractivity contribution is 5.99. The minimum absolute atomic E-state index is 0.0294. The van der Waals surface area contributed by atoms with Gasteiger partial charge in [0, 0.05) is 31.4 Å². The van der Waals surface area contributed by atoms with Gasteiger partial charge in [0.25, 0.3) is 11.8 Å². The number of hydrogen-bond donors (Lipinski definition) is 3. The van der Waals surface area contributed by atoms with E-state index in [-0.39, 0.29) is 30.4 Å². The van der Waals surface area contributed by atoms with E-state index < -0.39 is 5.97 Å². The molecule has 1 aliphatic heterocycles. The summed E-state index contributed by atoms with van der Waals surface area (Å²) in [7, 11) is 0. The molecule has 1 aromatic rings. The highest BCUT2D eigenvalue weighted by Gasteiger charge is 2.35. The quantitative estimate of drug-likeness (QED) is 0.669. The number of aromatic nitrogens is 1. The summed E-state index contributed by atoms with van der Waals surface area (Å²) in [6.07, 6.45) is 5.11. The van der Waals surface area contributed by atoms with Crippen molar-refractivity contribution < 1.29 is 19.5 Å². The molecule has 1 saturated carbocycles. The van der Waals surface area contributed by atoms with Gasteiger partial charge in [-0.1, -0.05) is 6.92 Å². The van der Waals surface area contributed by atoms with Gasteiger partial charge >= 0.3 is 5.97 Å². The Balaban J connectivity index is 1.49. The average Bonchev–Trinajstić information content (AvgIpc) is 3.26. The average molecular weight is 362 g/mol. The summed E-state index contributed by atoms with van der Waals surface area (Å²) < 4.78 is 0. The second-order valence-electron chi connectivity index (χ2n) is 7.05. The molecule has 0 unspecified atom stereocenters. The molecule has 2 heterocycles. The number of likely N-dealkylation sites (N-methyl/N-ethyl adjacent to an activating group) is 1. The maximum Gasteiger partial charge on any atom is 0.317 e. The van der Waals surface area contributed by atoms with Gasteiger partial charge in [0.1, 0.15) is 5.69 Å². The summed E-state index contributed by atoms with van der Waals surface area (Å²) in [4.78, 5) is 42.2. The molecule has 0 atom stereocenters.